The van der Waals surface area contributed by atoms with Gasteiger partial charge in [0.15, 0.2) is 0 Å². The van der Waals surface area contributed by atoms with E-state index in [1.54, 1.807) is 37.4 Å². The van der Waals surface area contributed by atoms with Crippen LogP contribution in [0.5, 0.6) is 5.75 Å². The van der Waals surface area contributed by atoms with Crippen LogP contribution in [0.3, 0.4) is 0 Å². The molecule has 0 saturated heterocycles. The molecule has 4 heteroatoms. The van der Waals surface area contributed by atoms with E-state index >= 15 is 0 Å². The van der Waals surface area contributed by atoms with Gasteiger partial charge in [-0.05, 0) is 47.9 Å². The number of methoxy groups -OCH3 is 1. The van der Waals surface area contributed by atoms with Gasteiger partial charge in [-0.1, -0.05) is 36.4 Å². The van der Waals surface area contributed by atoms with E-state index in [4.69, 9.17) is 4.74 Å². The summed E-state index contributed by atoms with van der Waals surface area (Å²) in [6.45, 7) is 0.597. The van der Waals surface area contributed by atoms with E-state index in [1.165, 1.54) is 12.1 Å². The van der Waals surface area contributed by atoms with Gasteiger partial charge in [0.25, 0.3) is 0 Å². The number of benzene rings is 3. The molecule has 0 bridgehead atoms. The van der Waals surface area contributed by atoms with Gasteiger partial charge in [-0.25, -0.2) is 8.78 Å². The summed E-state index contributed by atoms with van der Waals surface area (Å²) in [5.41, 5.74) is 3.11. The summed E-state index contributed by atoms with van der Waals surface area (Å²) in [4.78, 5) is 1.95. The van der Waals surface area contributed by atoms with Crippen LogP contribution in [0.1, 0.15) is 22.7 Å². The van der Waals surface area contributed by atoms with Crippen molar-refractivity contribution >= 4 is 5.69 Å². The molecular formula is C22H19F2NO. The van der Waals surface area contributed by atoms with Crippen LogP contribution >= 0.6 is 0 Å². The minimum atomic E-state index is -0.386. The van der Waals surface area contributed by atoms with Crippen LogP contribution in [0.2, 0.25) is 0 Å². The monoisotopic (exact) mass is 351 g/mol. The maximum Gasteiger partial charge on any atom is 0.146 e. The van der Waals surface area contributed by atoms with Crippen LogP contribution in [0.15, 0.2) is 66.7 Å². The number of hydrogen-bond acceptors (Lipinski definition) is 2. The van der Waals surface area contributed by atoms with Crippen molar-refractivity contribution in [3.8, 4) is 5.75 Å². The molecule has 1 unspecified atom stereocenters. The van der Waals surface area contributed by atoms with Crippen LogP contribution in [-0.2, 0) is 6.42 Å². The molecule has 3 aromatic carbocycles. The van der Waals surface area contributed by atoms with Crippen molar-refractivity contribution in [2.45, 2.75) is 12.5 Å². The van der Waals surface area contributed by atoms with Crippen molar-refractivity contribution in [1.29, 1.82) is 0 Å². The molecule has 4 rings (SSSR count). The Morgan fingerprint density at radius 1 is 0.885 bits per heavy atom. The molecule has 1 atom stereocenters. The number of ether oxygens (including phenoxy) is 1. The molecule has 26 heavy (non-hydrogen) atoms. The van der Waals surface area contributed by atoms with Crippen molar-refractivity contribution in [2.24, 2.45) is 0 Å². The summed E-state index contributed by atoms with van der Waals surface area (Å²) in [5.74, 6) is 0.184. The molecule has 132 valence electrons. The van der Waals surface area contributed by atoms with Crippen molar-refractivity contribution < 1.29 is 13.5 Å². The number of halogens is 2. The zero-order valence-electron chi connectivity index (χ0n) is 14.5. The van der Waals surface area contributed by atoms with Gasteiger partial charge in [0.2, 0.25) is 0 Å². The third-order valence-electron chi connectivity index (χ3n) is 4.94. The summed E-state index contributed by atoms with van der Waals surface area (Å²) in [5, 5.41) is 0. The van der Waals surface area contributed by atoms with Crippen molar-refractivity contribution in [3.05, 3.63) is 95.1 Å². The summed E-state index contributed by atoms with van der Waals surface area (Å²) in [6.07, 6.45) is 0.742. The normalized spacial score (nSPS) is 16.3. The highest BCUT2D eigenvalue weighted by molar-refractivity contribution is 5.57. The van der Waals surface area contributed by atoms with Crippen LogP contribution in [0.25, 0.3) is 0 Å². The molecule has 0 saturated carbocycles. The molecule has 0 aromatic heterocycles. The lowest BCUT2D eigenvalue weighted by molar-refractivity contribution is 0.413. The fourth-order valence-electron chi connectivity index (χ4n) is 3.71. The fraction of sp³-hybridized carbons (Fsp3) is 0.182. The highest BCUT2D eigenvalue weighted by Crippen LogP contribution is 2.40. The maximum atomic E-state index is 14.7. The minimum absolute atomic E-state index is 0.289. The second-order valence-electron chi connectivity index (χ2n) is 6.38. The predicted octanol–water partition coefficient (Wildman–Crippen LogP) is 5.13. The number of hydrogen-bond donors (Lipinski definition) is 0. The van der Waals surface area contributed by atoms with E-state index < -0.39 is 0 Å². The Hall–Kier alpha value is -2.88. The van der Waals surface area contributed by atoms with Crippen LogP contribution in [0, 0.1) is 11.6 Å². The largest absolute Gasteiger partial charge is 0.497 e. The lowest BCUT2D eigenvalue weighted by atomic mass is 9.87. The van der Waals surface area contributed by atoms with Gasteiger partial charge in [-0.3, -0.25) is 0 Å². The Bertz CT molecular complexity index is 941. The molecule has 1 heterocycles. The van der Waals surface area contributed by atoms with Crippen LogP contribution in [0.4, 0.5) is 14.5 Å². The molecule has 0 spiro atoms. The van der Waals surface area contributed by atoms with Crippen molar-refractivity contribution in [2.75, 3.05) is 18.6 Å². The maximum absolute atomic E-state index is 14.7. The smallest absolute Gasteiger partial charge is 0.146 e. The third-order valence-corrected chi connectivity index (χ3v) is 4.94. The molecule has 0 aliphatic carbocycles. The minimum Gasteiger partial charge on any atom is -0.497 e. The molecule has 1 aliphatic heterocycles. The van der Waals surface area contributed by atoms with E-state index in [0.717, 1.165) is 23.3 Å². The van der Waals surface area contributed by atoms with Crippen LogP contribution < -0.4 is 9.64 Å². The number of anilines is 1. The molecule has 0 amide bonds. The Labute approximate surface area is 151 Å². The van der Waals surface area contributed by atoms with Crippen LogP contribution in [-0.4, -0.2) is 13.7 Å². The zero-order valence-corrected chi connectivity index (χ0v) is 14.5. The number of rotatable bonds is 3. The second-order valence-corrected chi connectivity index (χ2v) is 6.38. The van der Waals surface area contributed by atoms with Gasteiger partial charge in [-0.2, -0.15) is 0 Å². The summed E-state index contributed by atoms with van der Waals surface area (Å²) in [6, 6.07) is 18.8. The SMILES string of the molecule is COc1ccc2c(c1)CCN(c1ccccc1F)C2c1ccccc1F. The number of para-hydroxylation sites is 1. The lowest BCUT2D eigenvalue weighted by Gasteiger charge is -2.39. The molecule has 2 nitrogen and oxygen atoms in total. The average molecular weight is 351 g/mol. The zero-order chi connectivity index (χ0) is 18.1. The summed E-state index contributed by atoms with van der Waals surface area (Å²) in [7, 11) is 1.63. The second kappa shape index (κ2) is 6.79. The number of fused-ring (bicyclic) bond motifs is 1. The molecule has 0 N–H and O–H groups in total. The van der Waals surface area contributed by atoms with Gasteiger partial charge >= 0.3 is 0 Å². The predicted molar refractivity (Wildman–Crippen MR) is 98.7 cm³/mol. The van der Waals surface area contributed by atoms with Gasteiger partial charge < -0.3 is 9.64 Å². The molecular weight excluding hydrogens is 332 g/mol. The van der Waals surface area contributed by atoms with E-state index in [-0.39, 0.29) is 17.7 Å². The first-order valence-corrected chi connectivity index (χ1v) is 8.61. The number of nitrogens with zero attached hydrogens (tertiary/aromatic N) is 1. The van der Waals surface area contributed by atoms with Gasteiger partial charge in [0.1, 0.15) is 17.4 Å². The Kier molecular flexibility index (Phi) is 4.33. The summed E-state index contributed by atoms with van der Waals surface area (Å²) < 4.78 is 34.5. The van der Waals surface area contributed by atoms with E-state index in [9.17, 15) is 8.78 Å². The van der Waals surface area contributed by atoms with E-state index in [1.807, 2.05) is 29.2 Å². The Morgan fingerprint density at radius 3 is 2.35 bits per heavy atom. The fourth-order valence-corrected chi connectivity index (χ4v) is 3.71. The van der Waals surface area contributed by atoms with Gasteiger partial charge in [0, 0.05) is 12.1 Å². The van der Waals surface area contributed by atoms with Crippen molar-refractivity contribution in [1.82, 2.24) is 0 Å². The molecule has 0 fully saturated rings. The Balaban J connectivity index is 1.90. The Morgan fingerprint density at radius 2 is 1.62 bits per heavy atom. The molecule has 0 radical (unpaired) electrons. The quantitative estimate of drug-likeness (QED) is 0.649. The van der Waals surface area contributed by atoms with E-state index in [2.05, 4.69) is 0 Å². The van der Waals surface area contributed by atoms with Crippen molar-refractivity contribution in [3.63, 3.8) is 0 Å². The lowest BCUT2D eigenvalue weighted by Crippen LogP contribution is -2.37. The van der Waals surface area contributed by atoms with E-state index in [0.29, 0.717) is 17.8 Å². The molecule has 1 aliphatic rings. The highest BCUT2D eigenvalue weighted by atomic mass is 19.1. The molecule has 3 aromatic rings. The first-order chi connectivity index (χ1) is 12.7. The topological polar surface area (TPSA) is 12.5 Å². The van der Waals surface area contributed by atoms with Gasteiger partial charge in [0.05, 0.1) is 18.8 Å². The first-order valence-electron chi connectivity index (χ1n) is 8.61. The standard InChI is InChI=1S/C22H19F2NO/c1-26-16-10-11-17-15(14-16)12-13-25(21-9-5-4-8-20(21)24)22(17)18-6-2-3-7-19(18)23/h2-11,14,22H,12-13H2,1H3. The average Bonchev–Trinajstić information content (AvgIpc) is 2.68. The first kappa shape index (κ1) is 16.6. The summed E-state index contributed by atoms with van der Waals surface area (Å²) >= 11 is 0. The third kappa shape index (κ3) is 2.81. The van der Waals surface area contributed by atoms with Gasteiger partial charge in [-0.15, -0.1) is 0 Å². The highest BCUT2D eigenvalue weighted by Gasteiger charge is 2.32.